The van der Waals surface area contributed by atoms with Crippen molar-refractivity contribution in [2.75, 3.05) is 0 Å². The molecule has 0 bridgehead atoms. The zero-order valence-corrected chi connectivity index (χ0v) is 21.7. The lowest BCUT2D eigenvalue weighted by Gasteiger charge is -2.15. The first kappa shape index (κ1) is 28.0. The monoisotopic (exact) mass is 563 g/mol. The van der Waals surface area contributed by atoms with Crippen LogP contribution in [0.2, 0.25) is 5.02 Å². The number of hydrogen-bond donors (Lipinski definition) is 2. The topological polar surface area (TPSA) is 120 Å². The Labute approximate surface area is 225 Å². The maximum Gasteiger partial charge on any atom is 0.416 e. The molecule has 2 aromatic carbocycles. The molecular weight excluding hydrogens is 539 g/mol. The summed E-state index contributed by atoms with van der Waals surface area (Å²) in [6.07, 6.45) is -5.61. The van der Waals surface area contributed by atoms with E-state index in [0.717, 1.165) is 15.7 Å². The van der Waals surface area contributed by atoms with Gasteiger partial charge in [0, 0.05) is 16.6 Å². The van der Waals surface area contributed by atoms with Crippen molar-refractivity contribution in [1.29, 1.82) is 0 Å². The number of aromatic nitrogens is 6. The van der Waals surface area contributed by atoms with Crippen LogP contribution in [0.25, 0.3) is 17.1 Å². The number of carbonyl (C=O) groups is 1. The number of rotatable bonds is 9. The van der Waals surface area contributed by atoms with Crippen molar-refractivity contribution >= 4 is 17.5 Å². The maximum absolute atomic E-state index is 13.1. The first-order valence-corrected chi connectivity index (χ1v) is 12.3. The van der Waals surface area contributed by atoms with Gasteiger partial charge in [0.2, 0.25) is 0 Å². The van der Waals surface area contributed by atoms with Gasteiger partial charge in [-0.05, 0) is 49.7 Å². The highest BCUT2D eigenvalue weighted by molar-refractivity contribution is 6.30. The van der Waals surface area contributed by atoms with E-state index in [9.17, 15) is 27.9 Å². The van der Waals surface area contributed by atoms with Gasteiger partial charge in [-0.2, -0.15) is 13.2 Å². The Bertz CT molecular complexity index is 1510. The van der Waals surface area contributed by atoms with Crippen molar-refractivity contribution < 1.29 is 23.1 Å². The van der Waals surface area contributed by atoms with E-state index in [1.165, 1.54) is 35.3 Å². The van der Waals surface area contributed by atoms with Crippen molar-refractivity contribution in [3.63, 3.8) is 0 Å². The summed E-state index contributed by atoms with van der Waals surface area (Å²) in [5.41, 5.74) is 0.240. The van der Waals surface area contributed by atoms with Crippen molar-refractivity contribution in [3.8, 4) is 17.1 Å². The molecule has 10 nitrogen and oxygen atoms in total. The zero-order chi connectivity index (χ0) is 28.3. The molecule has 2 aromatic heterocycles. The summed E-state index contributed by atoms with van der Waals surface area (Å²) in [5, 5.41) is 21.5. The number of halogens is 4. The molecule has 0 saturated carbocycles. The first-order valence-electron chi connectivity index (χ1n) is 12.0. The average molecular weight is 564 g/mol. The molecule has 0 spiro atoms. The van der Waals surface area contributed by atoms with Crippen LogP contribution < -0.4 is 11.0 Å². The lowest BCUT2D eigenvalue weighted by atomic mass is 10.1. The summed E-state index contributed by atoms with van der Waals surface area (Å²) in [5.74, 6) is -0.257. The van der Waals surface area contributed by atoms with Crippen molar-refractivity contribution in [3.05, 3.63) is 81.8 Å². The summed E-state index contributed by atoms with van der Waals surface area (Å²) in [6.45, 7) is 2.51. The predicted molar refractivity (Wildman–Crippen MR) is 137 cm³/mol. The molecule has 0 aliphatic heterocycles. The molecule has 39 heavy (non-hydrogen) atoms. The van der Waals surface area contributed by atoms with Gasteiger partial charge < -0.3 is 10.4 Å². The normalized spacial score (nSPS) is 13.3. The van der Waals surface area contributed by atoms with Crippen LogP contribution in [0.4, 0.5) is 13.2 Å². The third-order valence-corrected chi connectivity index (χ3v) is 6.23. The minimum absolute atomic E-state index is 0.0375. The lowest BCUT2D eigenvalue weighted by Crippen LogP contribution is -2.37. The van der Waals surface area contributed by atoms with E-state index in [1.807, 2.05) is 13.8 Å². The molecule has 1 amide bonds. The smallest absolute Gasteiger partial charge is 0.382 e. The van der Waals surface area contributed by atoms with Crippen LogP contribution in [0.5, 0.6) is 0 Å². The molecule has 206 valence electrons. The molecule has 0 radical (unpaired) electrons. The standard InChI is InChI=1S/C25H25ClF3N7O3/c1-3-15(2)31-23(38)18-6-4-5-7-19(18)36-14-30-21(32-36)13-35-24(39)34(12-20(37)25(27,28)29)22(33-35)16-8-10-17(26)11-9-16/h4-11,14-15,20,37H,3,12-13H2,1-2H3,(H,31,38)/t15-,20-/m0/s1. The van der Waals surface area contributed by atoms with Crippen LogP contribution in [0.1, 0.15) is 36.5 Å². The van der Waals surface area contributed by atoms with Gasteiger partial charge in [-0.15, -0.1) is 10.2 Å². The van der Waals surface area contributed by atoms with E-state index in [1.54, 1.807) is 24.3 Å². The number of amides is 1. The van der Waals surface area contributed by atoms with Gasteiger partial charge >= 0.3 is 11.9 Å². The third kappa shape index (κ3) is 6.37. The Morgan fingerprint density at radius 1 is 1.13 bits per heavy atom. The zero-order valence-electron chi connectivity index (χ0n) is 20.9. The van der Waals surface area contributed by atoms with Gasteiger partial charge in [0.15, 0.2) is 17.8 Å². The fourth-order valence-corrected chi connectivity index (χ4v) is 3.81. The second-order valence-electron chi connectivity index (χ2n) is 8.84. The fraction of sp³-hybridized carbons (Fsp3) is 0.320. The number of nitrogens with zero attached hydrogens (tertiary/aromatic N) is 6. The number of hydrogen-bond acceptors (Lipinski definition) is 6. The van der Waals surface area contributed by atoms with E-state index in [2.05, 4.69) is 20.5 Å². The summed E-state index contributed by atoms with van der Waals surface area (Å²) in [6, 6.07) is 12.7. The van der Waals surface area contributed by atoms with Crippen LogP contribution in [-0.2, 0) is 13.1 Å². The Kier molecular flexibility index (Phi) is 8.21. The van der Waals surface area contributed by atoms with E-state index in [-0.39, 0.29) is 30.1 Å². The van der Waals surface area contributed by atoms with Gasteiger partial charge in [-0.3, -0.25) is 9.36 Å². The van der Waals surface area contributed by atoms with E-state index >= 15 is 0 Å². The van der Waals surface area contributed by atoms with Crippen LogP contribution in [0.3, 0.4) is 0 Å². The molecule has 0 aliphatic carbocycles. The summed E-state index contributed by atoms with van der Waals surface area (Å²) in [7, 11) is 0. The SMILES string of the molecule is CC[C@H](C)NC(=O)c1ccccc1-n1cnc(Cn2nc(-c3ccc(Cl)cc3)n(C[C@H](O)C(F)(F)F)c2=O)n1. The van der Waals surface area contributed by atoms with Crippen molar-refractivity contribution in [1.82, 2.24) is 34.4 Å². The van der Waals surface area contributed by atoms with Gasteiger partial charge in [0.05, 0.1) is 17.8 Å². The molecule has 4 aromatic rings. The first-order chi connectivity index (χ1) is 18.5. The average Bonchev–Trinajstić information content (AvgIpc) is 3.49. The predicted octanol–water partition coefficient (Wildman–Crippen LogP) is 3.45. The number of benzene rings is 2. The van der Waals surface area contributed by atoms with Gasteiger partial charge in [-0.1, -0.05) is 30.7 Å². The Hall–Kier alpha value is -3.97. The maximum atomic E-state index is 13.1. The van der Waals surface area contributed by atoms with Crippen LogP contribution in [0.15, 0.2) is 59.7 Å². The highest BCUT2D eigenvalue weighted by Crippen LogP contribution is 2.24. The number of nitrogens with one attached hydrogen (secondary N) is 1. The highest BCUT2D eigenvalue weighted by Gasteiger charge is 2.39. The Balaban J connectivity index is 1.67. The van der Waals surface area contributed by atoms with Gasteiger partial charge in [0.1, 0.15) is 12.9 Å². The number of alkyl halides is 3. The molecule has 0 unspecified atom stereocenters. The van der Waals surface area contributed by atoms with Crippen molar-refractivity contribution in [2.24, 2.45) is 0 Å². The molecule has 2 atom stereocenters. The summed E-state index contributed by atoms with van der Waals surface area (Å²) in [4.78, 5) is 30.1. The third-order valence-electron chi connectivity index (χ3n) is 5.97. The van der Waals surface area contributed by atoms with Crippen molar-refractivity contribution in [2.45, 2.75) is 51.7 Å². The Morgan fingerprint density at radius 3 is 2.49 bits per heavy atom. The fourth-order valence-electron chi connectivity index (χ4n) is 3.69. The molecule has 0 fully saturated rings. The van der Waals surface area contributed by atoms with E-state index in [0.29, 0.717) is 21.8 Å². The minimum Gasteiger partial charge on any atom is -0.382 e. The van der Waals surface area contributed by atoms with Crippen LogP contribution >= 0.6 is 11.6 Å². The molecule has 0 saturated heterocycles. The van der Waals surface area contributed by atoms with E-state index in [4.69, 9.17) is 11.6 Å². The van der Waals surface area contributed by atoms with E-state index < -0.39 is 24.5 Å². The summed E-state index contributed by atoms with van der Waals surface area (Å²) >= 11 is 5.92. The molecule has 2 heterocycles. The lowest BCUT2D eigenvalue weighted by molar-refractivity contribution is -0.207. The molecular formula is C25H25ClF3N7O3. The number of para-hydroxylation sites is 1. The van der Waals surface area contributed by atoms with Gasteiger partial charge in [-0.25, -0.2) is 19.1 Å². The molecule has 2 N–H and O–H groups in total. The minimum atomic E-state index is -4.94. The second-order valence-corrected chi connectivity index (χ2v) is 9.28. The number of carbonyl (C=O) groups excluding carboxylic acids is 1. The molecule has 0 aliphatic rings. The second kappa shape index (κ2) is 11.4. The summed E-state index contributed by atoms with van der Waals surface area (Å²) < 4.78 is 42.3. The number of aliphatic hydroxyl groups excluding tert-OH is 1. The van der Waals surface area contributed by atoms with Crippen LogP contribution in [0, 0.1) is 0 Å². The highest BCUT2D eigenvalue weighted by atomic mass is 35.5. The quantitative estimate of drug-likeness (QED) is 0.322. The van der Waals surface area contributed by atoms with Gasteiger partial charge in [0.25, 0.3) is 5.91 Å². The largest absolute Gasteiger partial charge is 0.416 e. The van der Waals surface area contributed by atoms with Crippen LogP contribution in [-0.4, -0.2) is 58.4 Å². The Morgan fingerprint density at radius 2 is 1.82 bits per heavy atom. The number of aliphatic hydroxyl groups is 1. The molecule has 14 heteroatoms. The molecule has 4 rings (SSSR count).